The predicted octanol–water partition coefficient (Wildman–Crippen LogP) is 2.99. The van der Waals surface area contributed by atoms with Gasteiger partial charge in [-0.3, -0.25) is 14.2 Å². The van der Waals surface area contributed by atoms with E-state index in [1.54, 1.807) is 17.7 Å². The van der Waals surface area contributed by atoms with Gasteiger partial charge in [-0.1, -0.05) is 17.7 Å². The number of aliphatic hydroxyl groups is 1. The second kappa shape index (κ2) is 8.07. The maximum absolute atomic E-state index is 11.7. The minimum Gasteiger partial charge on any atom is -0.387 e. The van der Waals surface area contributed by atoms with Crippen LogP contribution in [-0.4, -0.2) is 30.6 Å². The number of carbonyl (C=O) groups excluding carboxylic acids is 1. The number of halogens is 1. The average molecular weight is 413 g/mol. The molecule has 2 heterocycles. The molecule has 29 heavy (non-hydrogen) atoms. The summed E-state index contributed by atoms with van der Waals surface area (Å²) in [5, 5.41) is 28.2. The van der Waals surface area contributed by atoms with Crippen LogP contribution in [0.25, 0.3) is 11.3 Å². The van der Waals surface area contributed by atoms with Crippen LogP contribution in [0.4, 0.5) is 0 Å². The van der Waals surface area contributed by atoms with Gasteiger partial charge in [0.2, 0.25) is 0 Å². The summed E-state index contributed by atoms with van der Waals surface area (Å²) < 4.78 is 3.25. The van der Waals surface area contributed by atoms with Crippen LogP contribution in [0.1, 0.15) is 53.3 Å². The summed E-state index contributed by atoms with van der Waals surface area (Å²) in [4.78, 5) is 11.7. The van der Waals surface area contributed by atoms with Crippen LogP contribution in [0.15, 0.2) is 30.5 Å². The van der Waals surface area contributed by atoms with Crippen molar-refractivity contribution in [3.05, 3.63) is 58.0 Å². The van der Waals surface area contributed by atoms with Gasteiger partial charge in [-0.25, -0.2) is 0 Å². The Morgan fingerprint density at radius 3 is 2.69 bits per heavy atom. The lowest BCUT2D eigenvalue weighted by Crippen LogP contribution is -2.22. The monoisotopic (exact) mass is 412 g/mol. The summed E-state index contributed by atoms with van der Waals surface area (Å²) in [5.74, 6) is -0.611. The Labute approximate surface area is 173 Å². The molecular weight excluding hydrogens is 392 g/mol. The number of aliphatic hydroxyl groups excluding tert-OH is 1. The van der Waals surface area contributed by atoms with Gasteiger partial charge in [0.15, 0.2) is 0 Å². The fraction of sp³-hybridized carbons (Fsp3) is 0.300. The van der Waals surface area contributed by atoms with E-state index in [0.29, 0.717) is 22.8 Å². The molecule has 0 saturated heterocycles. The number of rotatable bonds is 6. The lowest BCUT2D eigenvalue weighted by atomic mass is 10.0. The first-order valence-electron chi connectivity index (χ1n) is 9.03. The number of amides is 1. The van der Waals surface area contributed by atoms with Gasteiger partial charge in [0, 0.05) is 11.8 Å². The first-order chi connectivity index (χ1) is 13.7. The fourth-order valence-electron chi connectivity index (χ4n) is 3.14. The zero-order valence-electron chi connectivity index (χ0n) is 16.3. The molecule has 1 unspecified atom stereocenters. The number of hydrogen-bond donors (Lipinski definition) is 2. The largest absolute Gasteiger partial charge is 0.387 e. The Morgan fingerprint density at radius 2 is 2.07 bits per heavy atom. The number of carbonyl (C=O) groups is 1. The lowest BCUT2D eigenvalue weighted by Gasteiger charge is -2.15. The second-order valence-corrected chi connectivity index (χ2v) is 7.30. The van der Waals surface area contributed by atoms with E-state index in [9.17, 15) is 9.90 Å². The Balaban J connectivity index is 1.87. The zero-order chi connectivity index (χ0) is 21.3. The number of primary amides is 1. The van der Waals surface area contributed by atoms with Gasteiger partial charge < -0.3 is 10.8 Å². The zero-order valence-corrected chi connectivity index (χ0v) is 17.1. The van der Waals surface area contributed by atoms with Crippen molar-refractivity contribution in [3.63, 3.8) is 0 Å². The van der Waals surface area contributed by atoms with E-state index in [-0.39, 0.29) is 11.7 Å². The highest BCUT2D eigenvalue weighted by Gasteiger charge is 2.20. The highest BCUT2D eigenvalue weighted by atomic mass is 35.5. The molecule has 9 heteroatoms. The number of benzene rings is 1. The van der Waals surface area contributed by atoms with Crippen molar-refractivity contribution < 1.29 is 9.90 Å². The molecule has 1 amide bonds. The van der Waals surface area contributed by atoms with E-state index in [0.717, 1.165) is 16.8 Å². The summed E-state index contributed by atoms with van der Waals surface area (Å²) in [7, 11) is 0. The normalized spacial score (nSPS) is 13.1. The minimum atomic E-state index is -0.804. The van der Waals surface area contributed by atoms with E-state index in [1.807, 2.05) is 32.2 Å². The number of nitrogens with zero attached hydrogens (tertiary/aromatic N) is 5. The maximum atomic E-state index is 11.7. The van der Waals surface area contributed by atoms with E-state index >= 15 is 0 Å². The number of nitrogens with two attached hydrogens (primary N) is 1. The highest BCUT2D eigenvalue weighted by molar-refractivity contribution is 6.32. The first kappa shape index (κ1) is 20.6. The molecule has 0 aliphatic rings. The van der Waals surface area contributed by atoms with E-state index in [4.69, 9.17) is 22.6 Å². The van der Waals surface area contributed by atoms with Crippen molar-refractivity contribution in [2.24, 2.45) is 5.73 Å². The van der Waals surface area contributed by atoms with Gasteiger partial charge in [0.25, 0.3) is 5.91 Å². The van der Waals surface area contributed by atoms with Crippen LogP contribution in [0.5, 0.6) is 0 Å². The van der Waals surface area contributed by atoms with Gasteiger partial charge in [-0.2, -0.15) is 15.5 Å². The smallest absolute Gasteiger partial charge is 0.267 e. The van der Waals surface area contributed by atoms with E-state index in [1.165, 1.54) is 10.7 Å². The first-order valence-corrected chi connectivity index (χ1v) is 9.41. The second-order valence-electron chi connectivity index (χ2n) is 6.92. The average Bonchev–Trinajstić information content (AvgIpc) is 3.31. The molecule has 0 spiro atoms. The SMILES string of the molecule is Cc1c(-c2ccn(CC(C)n3nc([C@H](C)O)cc3C(N)=O)n2)ccc(C#N)c1Cl. The van der Waals surface area contributed by atoms with Gasteiger partial charge >= 0.3 is 0 Å². The van der Waals surface area contributed by atoms with Crippen LogP contribution < -0.4 is 5.73 Å². The summed E-state index contributed by atoms with van der Waals surface area (Å²) in [6, 6.07) is 8.69. The molecule has 0 aliphatic heterocycles. The van der Waals surface area contributed by atoms with Crippen LogP contribution in [0.2, 0.25) is 5.02 Å². The van der Waals surface area contributed by atoms with Gasteiger partial charge in [0.05, 0.1) is 40.7 Å². The number of nitriles is 1. The van der Waals surface area contributed by atoms with Crippen LogP contribution >= 0.6 is 11.6 Å². The number of aromatic nitrogens is 4. The minimum absolute atomic E-state index is 0.232. The van der Waals surface area contributed by atoms with Gasteiger partial charge in [-0.15, -0.1) is 0 Å². The maximum Gasteiger partial charge on any atom is 0.267 e. The van der Waals surface area contributed by atoms with Crippen molar-refractivity contribution in [1.29, 1.82) is 5.26 Å². The molecule has 8 nitrogen and oxygen atoms in total. The van der Waals surface area contributed by atoms with Crippen molar-refractivity contribution in [2.75, 3.05) is 0 Å². The highest BCUT2D eigenvalue weighted by Crippen LogP contribution is 2.30. The fourth-order valence-corrected chi connectivity index (χ4v) is 3.35. The predicted molar refractivity (Wildman–Crippen MR) is 108 cm³/mol. The molecule has 3 rings (SSSR count). The number of hydrogen-bond acceptors (Lipinski definition) is 5. The lowest BCUT2D eigenvalue weighted by molar-refractivity contribution is 0.0987. The molecule has 2 aromatic heterocycles. The molecule has 150 valence electrons. The molecule has 0 fully saturated rings. The molecule has 0 bridgehead atoms. The van der Waals surface area contributed by atoms with Crippen LogP contribution in [0.3, 0.4) is 0 Å². The molecule has 0 saturated carbocycles. The summed E-state index contributed by atoms with van der Waals surface area (Å²) in [6.45, 7) is 5.74. The summed E-state index contributed by atoms with van der Waals surface area (Å²) in [6.07, 6.45) is 1.02. The topological polar surface area (TPSA) is 123 Å². The van der Waals surface area contributed by atoms with Gasteiger partial charge in [-0.05, 0) is 44.5 Å². The standard InChI is InChI=1S/C20H21ClN6O2/c1-11(27-18(20(23)29)8-17(25-27)13(3)28)10-26-7-6-16(24-26)15-5-4-14(9-22)19(21)12(15)2/h4-8,11,13,28H,10H2,1-3H3,(H2,23,29)/t11?,13-/m0/s1. The Bertz CT molecular complexity index is 1110. The Hall–Kier alpha value is -3.15. The van der Waals surface area contributed by atoms with Crippen molar-refractivity contribution in [1.82, 2.24) is 19.6 Å². The third kappa shape index (κ3) is 4.01. The van der Waals surface area contributed by atoms with Gasteiger partial charge in [0.1, 0.15) is 11.8 Å². The molecule has 1 aromatic carbocycles. The quantitative estimate of drug-likeness (QED) is 0.644. The third-order valence-corrected chi connectivity index (χ3v) is 5.21. The van der Waals surface area contributed by atoms with Crippen molar-refractivity contribution in [3.8, 4) is 17.3 Å². The molecule has 3 aromatic rings. The Kier molecular flexibility index (Phi) is 5.73. The van der Waals surface area contributed by atoms with Crippen LogP contribution in [0, 0.1) is 18.3 Å². The van der Waals surface area contributed by atoms with Crippen molar-refractivity contribution >= 4 is 17.5 Å². The molecule has 0 radical (unpaired) electrons. The van der Waals surface area contributed by atoms with E-state index < -0.39 is 12.0 Å². The Morgan fingerprint density at radius 1 is 1.34 bits per heavy atom. The summed E-state index contributed by atoms with van der Waals surface area (Å²) >= 11 is 6.26. The third-order valence-electron chi connectivity index (χ3n) is 4.73. The van der Waals surface area contributed by atoms with E-state index in [2.05, 4.69) is 16.3 Å². The molecular formula is C20H21ClN6O2. The molecule has 0 aliphatic carbocycles. The molecule has 2 atom stereocenters. The van der Waals surface area contributed by atoms with Crippen LogP contribution in [-0.2, 0) is 6.54 Å². The molecule has 3 N–H and O–H groups in total. The van der Waals surface area contributed by atoms with Crippen molar-refractivity contribution in [2.45, 2.75) is 39.5 Å². The summed E-state index contributed by atoms with van der Waals surface area (Å²) in [5.41, 5.74) is 8.84.